The van der Waals surface area contributed by atoms with E-state index in [1.165, 1.54) is 12.7 Å². The second-order valence-corrected chi connectivity index (χ2v) is 4.97. The Bertz CT molecular complexity index is 386. The van der Waals surface area contributed by atoms with E-state index in [2.05, 4.69) is 26.8 Å². The molecule has 0 aromatic heterocycles. The molecule has 88 valence electrons. The van der Waals surface area contributed by atoms with E-state index >= 15 is 0 Å². The standard InChI is InChI=1S/C14H20O2/c1-6-10-9-11(14(2,3)4)7-8-12(10)13(15)16-5/h7-9H,6H2,1-5H3. The molecule has 0 spiro atoms. The summed E-state index contributed by atoms with van der Waals surface area (Å²) in [4.78, 5) is 11.5. The molecule has 0 N–H and O–H groups in total. The third kappa shape index (κ3) is 2.63. The predicted molar refractivity (Wildman–Crippen MR) is 65.9 cm³/mol. The van der Waals surface area contributed by atoms with Crippen molar-refractivity contribution in [3.05, 3.63) is 34.9 Å². The summed E-state index contributed by atoms with van der Waals surface area (Å²) >= 11 is 0. The normalized spacial score (nSPS) is 11.3. The molecule has 1 aromatic carbocycles. The molecular weight excluding hydrogens is 200 g/mol. The topological polar surface area (TPSA) is 26.3 Å². The maximum absolute atomic E-state index is 11.5. The average Bonchev–Trinajstić information content (AvgIpc) is 2.26. The molecule has 0 atom stereocenters. The fourth-order valence-corrected chi connectivity index (χ4v) is 1.66. The lowest BCUT2D eigenvalue weighted by Crippen LogP contribution is -2.13. The Balaban J connectivity index is 3.22. The van der Waals surface area contributed by atoms with Crippen molar-refractivity contribution in [1.29, 1.82) is 0 Å². The van der Waals surface area contributed by atoms with Gasteiger partial charge < -0.3 is 4.74 Å². The molecule has 0 saturated carbocycles. The van der Waals surface area contributed by atoms with Gasteiger partial charge in [0, 0.05) is 0 Å². The lowest BCUT2D eigenvalue weighted by atomic mass is 9.85. The summed E-state index contributed by atoms with van der Waals surface area (Å²) in [5.74, 6) is -0.252. The fraction of sp³-hybridized carbons (Fsp3) is 0.500. The molecule has 0 radical (unpaired) electrons. The average molecular weight is 220 g/mol. The number of aryl methyl sites for hydroxylation is 1. The lowest BCUT2D eigenvalue weighted by molar-refractivity contribution is 0.0599. The van der Waals surface area contributed by atoms with Gasteiger partial charge in [-0.2, -0.15) is 0 Å². The van der Waals surface area contributed by atoms with Gasteiger partial charge in [0.1, 0.15) is 0 Å². The van der Waals surface area contributed by atoms with Crippen LogP contribution in [0.15, 0.2) is 18.2 Å². The van der Waals surface area contributed by atoms with Crippen LogP contribution >= 0.6 is 0 Å². The van der Waals surface area contributed by atoms with Gasteiger partial charge in [-0.1, -0.05) is 39.8 Å². The Kier molecular flexibility index (Phi) is 3.74. The van der Waals surface area contributed by atoms with Crippen LogP contribution in [0.2, 0.25) is 0 Å². The van der Waals surface area contributed by atoms with Crippen molar-refractivity contribution in [3.8, 4) is 0 Å². The molecular formula is C14H20O2. The Morgan fingerprint density at radius 3 is 2.38 bits per heavy atom. The third-order valence-electron chi connectivity index (χ3n) is 2.76. The number of carbonyl (C=O) groups is 1. The van der Waals surface area contributed by atoms with Gasteiger partial charge in [-0.25, -0.2) is 4.79 Å². The number of rotatable bonds is 2. The minimum Gasteiger partial charge on any atom is -0.465 e. The highest BCUT2D eigenvalue weighted by atomic mass is 16.5. The highest BCUT2D eigenvalue weighted by Crippen LogP contribution is 2.25. The van der Waals surface area contributed by atoms with Crippen molar-refractivity contribution < 1.29 is 9.53 Å². The molecule has 0 aliphatic heterocycles. The van der Waals surface area contributed by atoms with Crippen LogP contribution in [0.5, 0.6) is 0 Å². The number of methoxy groups -OCH3 is 1. The molecule has 0 bridgehead atoms. The first-order valence-corrected chi connectivity index (χ1v) is 5.62. The summed E-state index contributed by atoms with van der Waals surface area (Å²) in [5.41, 5.74) is 3.09. The van der Waals surface area contributed by atoms with E-state index in [0.717, 1.165) is 12.0 Å². The zero-order valence-electron chi connectivity index (χ0n) is 10.8. The zero-order valence-corrected chi connectivity index (χ0v) is 10.8. The van der Waals surface area contributed by atoms with Gasteiger partial charge in [0.15, 0.2) is 0 Å². The van der Waals surface area contributed by atoms with Gasteiger partial charge >= 0.3 is 5.97 Å². The molecule has 0 saturated heterocycles. The second kappa shape index (κ2) is 4.69. The summed E-state index contributed by atoms with van der Waals surface area (Å²) < 4.78 is 4.77. The van der Waals surface area contributed by atoms with Crippen LogP contribution in [0.4, 0.5) is 0 Å². The van der Waals surface area contributed by atoms with Crippen LogP contribution < -0.4 is 0 Å². The van der Waals surface area contributed by atoms with Crippen molar-refractivity contribution in [2.75, 3.05) is 7.11 Å². The molecule has 0 fully saturated rings. The molecule has 16 heavy (non-hydrogen) atoms. The summed E-state index contributed by atoms with van der Waals surface area (Å²) in [5, 5.41) is 0. The van der Waals surface area contributed by atoms with E-state index in [0.29, 0.717) is 5.56 Å². The number of ether oxygens (including phenoxy) is 1. The van der Waals surface area contributed by atoms with Crippen molar-refractivity contribution >= 4 is 5.97 Å². The molecule has 0 heterocycles. The molecule has 0 amide bonds. The van der Waals surface area contributed by atoms with Crippen LogP contribution in [0, 0.1) is 0 Å². The van der Waals surface area contributed by atoms with E-state index in [-0.39, 0.29) is 11.4 Å². The predicted octanol–water partition coefficient (Wildman–Crippen LogP) is 3.33. The Hall–Kier alpha value is -1.31. The van der Waals surface area contributed by atoms with Gasteiger partial charge in [-0.15, -0.1) is 0 Å². The molecule has 2 heteroatoms. The minimum absolute atomic E-state index is 0.110. The highest BCUT2D eigenvalue weighted by Gasteiger charge is 2.17. The van der Waals surface area contributed by atoms with E-state index in [9.17, 15) is 4.79 Å². The van der Waals surface area contributed by atoms with E-state index in [1.807, 2.05) is 19.1 Å². The number of benzene rings is 1. The summed E-state index contributed by atoms with van der Waals surface area (Å²) in [6, 6.07) is 5.98. The van der Waals surface area contributed by atoms with Crippen molar-refractivity contribution in [2.45, 2.75) is 39.5 Å². The number of hydrogen-bond donors (Lipinski definition) is 0. The first kappa shape index (κ1) is 12.8. The quantitative estimate of drug-likeness (QED) is 0.714. The number of esters is 1. The molecule has 1 rings (SSSR count). The van der Waals surface area contributed by atoms with Crippen LogP contribution in [0.1, 0.15) is 49.2 Å². The SMILES string of the molecule is CCc1cc(C(C)(C)C)ccc1C(=O)OC. The first-order valence-electron chi connectivity index (χ1n) is 5.62. The van der Waals surface area contributed by atoms with Crippen LogP contribution in [-0.4, -0.2) is 13.1 Å². The Labute approximate surface area is 97.6 Å². The second-order valence-electron chi connectivity index (χ2n) is 4.97. The monoisotopic (exact) mass is 220 g/mol. The number of hydrogen-bond acceptors (Lipinski definition) is 2. The first-order chi connectivity index (χ1) is 7.40. The Morgan fingerprint density at radius 1 is 1.31 bits per heavy atom. The summed E-state index contributed by atoms with van der Waals surface area (Å²) in [6.07, 6.45) is 0.842. The maximum Gasteiger partial charge on any atom is 0.338 e. The van der Waals surface area contributed by atoms with Crippen LogP contribution in [0.25, 0.3) is 0 Å². The van der Waals surface area contributed by atoms with Gasteiger partial charge in [0.25, 0.3) is 0 Å². The Morgan fingerprint density at radius 2 is 1.94 bits per heavy atom. The summed E-state index contributed by atoms with van der Waals surface area (Å²) in [7, 11) is 1.42. The molecule has 0 unspecified atom stereocenters. The van der Waals surface area contributed by atoms with Crippen molar-refractivity contribution in [3.63, 3.8) is 0 Å². The molecule has 0 aliphatic rings. The van der Waals surface area contributed by atoms with E-state index < -0.39 is 0 Å². The van der Waals surface area contributed by atoms with Crippen LogP contribution in [-0.2, 0) is 16.6 Å². The van der Waals surface area contributed by atoms with Gasteiger partial charge in [-0.05, 0) is 29.0 Å². The van der Waals surface area contributed by atoms with Crippen molar-refractivity contribution in [1.82, 2.24) is 0 Å². The van der Waals surface area contributed by atoms with Gasteiger partial charge in [0.05, 0.1) is 12.7 Å². The number of carbonyl (C=O) groups excluding carboxylic acids is 1. The largest absolute Gasteiger partial charge is 0.465 e. The molecule has 2 nitrogen and oxygen atoms in total. The smallest absolute Gasteiger partial charge is 0.338 e. The van der Waals surface area contributed by atoms with Gasteiger partial charge in [-0.3, -0.25) is 0 Å². The van der Waals surface area contributed by atoms with E-state index in [1.54, 1.807) is 0 Å². The fourth-order valence-electron chi connectivity index (χ4n) is 1.66. The maximum atomic E-state index is 11.5. The lowest BCUT2D eigenvalue weighted by Gasteiger charge is -2.20. The van der Waals surface area contributed by atoms with Crippen molar-refractivity contribution in [2.24, 2.45) is 0 Å². The van der Waals surface area contributed by atoms with E-state index in [4.69, 9.17) is 4.74 Å². The molecule has 1 aromatic rings. The molecule has 0 aliphatic carbocycles. The van der Waals surface area contributed by atoms with Crippen LogP contribution in [0.3, 0.4) is 0 Å². The highest BCUT2D eigenvalue weighted by molar-refractivity contribution is 5.91. The summed E-state index contributed by atoms with van der Waals surface area (Å²) in [6.45, 7) is 8.55. The zero-order chi connectivity index (χ0) is 12.3. The van der Waals surface area contributed by atoms with Gasteiger partial charge in [0.2, 0.25) is 0 Å². The minimum atomic E-state index is -0.252. The third-order valence-corrected chi connectivity index (χ3v) is 2.76.